The standard InChI is InChI=1S/C33H46N4O6/c1-19-20(2)37(28-16-33(4,5)17-29(39)31(19)28)23-10-13-26(32(34)41)27(14-23)35-22-8-11-24(12-9-22)43-30(40)15-25(18-36(6)7)42-21(3)38/h10,13-14,22,24-25,35H,8-9,11-12,15-18H2,1-7H3,(H2,34,41). The van der Waals surface area contributed by atoms with Crippen molar-refractivity contribution in [1.29, 1.82) is 0 Å². The van der Waals surface area contributed by atoms with E-state index in [1.54, 1.807) is 6.07 Å². The molecule has 1 saturated carbocycles. The highest BCUT2D eigenvalue weighted by atomic mass is 16.6. The third-order valence-electron chi connectivity index (χ3n) is 8.53. The van der Waals surface area contributed by atoms with Crippen LogP contribution in [0.4, 0.5) is 5.69 Å². The van der Waals surface area contributed by atoms with Crippen LogP contribution in [0.5, 0.6) is 0 Å². The van der Waals surface area contributed by atoms with Crippen LogP contribution < -0.4 is 11.1 Å². The maximum Gasteiger partial charge on any atom is 0.309 e. The minimum absolute atomic E-state index is 0.00939. The van der Waals surface area contributed by atoms with Crippen LogP contribution >= 0.6 is 0 Å². The average molecular weight is 595 g/mol. The minimum atomic E-state index is -0.556. The zero-order valence-electron chi connectivity index (χ0n) is 26.5. The van der Waals surface area contributed by atoms with Gasteiger partial charge in [-0.25, -0.2) is 0 Å². The topological polar surface area (TPSA) is 133 Å². The molecule has 1 aromatic heterocycles. The number of benzene rings is 1. The summed E-state index contributed by atoms with van der Waals surface area (Å²) >= 11 is 0. The van der Waals surface area contributed by atoms with E-state index in [1.807, 2.05) is 45.0 Å². The summed E-state index contributed by atoms with van der Waals surface area (Å²) in [6.45, 7) is 10.0. The van der Waals surface area contributed by atoms with Crippen LogP contribution in [0.2, 0.25) is 0 Å². The molecule has 2 aliphatic carbocycles. The van der Waals surface area contributed by atoms with Crippen LogP contribution in [0.1, 0.15) is 97.0 Å². The van der Waals surface area contributed by atoms with E-state index in [4.69, 9.17) is 15.2 Å². The first-order valence-electron chi connectivity index (χ1n) is 15.1. The first-order valence-corrected chi connectivity index (χ1v) is 15.1. The number of nitrogens with two attached hydrogens (primary N) is 1. The Morgan fingerprint density at radius 3 is 2.40 bits per heavy atom. The molecule has 1 atom stereocenters. The molecule has 1 amide bonds. The number of ketones is 1. The second-order valence-electron chi connectivity index (χ2n) is 13.2. The number of carbonyl (C=O) groups is 4. The predicted molar refractivity (Wildman–Crippen MR) is 165 cm³/mol. The highest BCUT2D eigenvalue weighted by Gasteiger charge is 2.36. The van der Waals surface area contributed by atoms with Gasteiger partial charge in [0.15, 0.2) is 5.78 Å². The first kappa shape index (κ1) is 32.3. The zero-order valence-corrected chi connectivity index (χ0v) is 26.5. The van der Waals surface area contributed by atoms with Gasteiger partial charge in [0.1, 0.15) is 12.2 Å². The van der Waals surface area contributed by atoms with Crippen molar-refractivity contribution < 1.29 is 28.7 Å². The summed E-state index contributed by atoms with van der Waals surface area (Å²) in [4.78, 5) is 51.4. The molecular formula is C33H46N4O6. The number of nitrogens with zero attached hydrogens (tertiary/aromatic N) is 2. The van der Waals surface area contributed by atoms with Gasteiger partial charge in [-0.3, -0.25) is 19.2 Å². The van der Waals surface area contributed by atoms with E-state index in [0.717, 1.165) is 47.5 Å². The van der Waals surface area contributed by atoms with Gasteiger partial charge in [-0.1, -0.05) is 13.8 Å². The van der Waals surface area contributed by atoms with Crippen LogP contribution in [0.15, 0.2) is 18.2 Å². The Hall–Kier alpha value is -3.66. The highest BCUT2D eigenvalue weighted by molar-refractivity contribution is 6.01. The molecule has 234 valence electrons. The van der Waals surface area contributed by atoms with Crippen LogP contribution in [0, 0.1) is 19.3 Å². The normalized spacial score (nSPS) is 20.3. The number of aromatic nitrogens is 1. The third kappa shape index (κ3) is 7.65. The van der Waals surface area contributed by atoms with Crippen molar-refractivity contribution in [3.05, 3.63) is 46.3 Å². The number of ether oxygens (including phenoxy) is 2. The van der Waals surface area contributed by atoms with Gasteiger partial charge in [0, 0.05) is 54.3 Å². The van der Waals surface area contributed by atoms with Gasteiger partial charge >= 0.3 is 11.9 Å². The van der Waals surface area contributed by atoms with Crippen molar-refractivity contribution in [2.75, 3.05) is 26.0 Å². The Bertz CT molecular complexity index is 1400. The van der Waals surface area contributed by atoms with E-state index in [0.29, 0.717) is 37.1 Å². The molecule has 1 heterocycles. The molecule has 0 radical (unpaired) electrons. The van der Waals surface area contributed by atoms with Gasteiger partial charge in [-0.2, -0.15) is 0 Å². The molecule has 10 heteroatoms. The average Bonchev–Trinajstić information content (AvgIpc) is 3.12. The lowest BCUT2D eigenvalue weighted by Crippen LogP contribution is -2.35. The van der Waals surface area contributed by atoms with Crippen molar-refractivity contribution >= 4 is 29.3 Å². The molecule has 2 aliphatic rings. The lowest BCUT2D eigenvalue weighted by atomic mass is 9.75. The summed E-state index contributed by atoms with van der Waals surface area (Å²) in [5.41, 5.74) is 11.4. The van der Waals surface area contributed by atoms with Crippen LogP contribution in [-0.4, -0.2) is 72.0 Å². The number of carbonyl (C=O) groups excluding carboxylic acids is 4. The molecular weight excluding hydrogens is 548 g/mol. The molecule has 0 spiro atoms. The monoisotopic (exact) mass is 594 g/mol. The van der Waals surface area contributed by atoms with E-state index in [2.05, 4.69) is 23.7 Å². The van der Waals surface area contributed by atoms with Gasteiger partial charge in [-0.15, -0.1) is 0 Å². The lowest BCUT2D eigenvalue weighted by molar-refractivity contribution is -0.158. The molecule has 43 heavy (non-hydrogen) atoms. The quantitative estimate of drug-likeness (QED) is 0.384. The fourth-order valence-electron chi connectivity index (χ4n) is 6.56. The van der Waals surface area contributed by atoms with E-state index in [9.17, 15) is 19.2 Å². The lowest BCUT2D eigenvalue weighted by Gasteiger charge is -2.31. The second-order valence-corrected chi connectivity index (χ2v) is 13.2. The number of hydrogen-bond donors (Lipinski definition) is 2. The number of nitrogens with one attached hydrogen (secondary N) is 1. The smallest absolute Gasteiger partial charge is 0.309 e. The molecule has 4 rings (SSSR count). The van der Waals surface area contributed by atoms with Crippen LogP contribution in [-0.2, 0) is 25.5 Å². The number of likely N-dealkylation sites (N-methyl/N-ethyl adjacent to an activating group) is 1. The number of fused-ring (bicyclic) bond motifs is 1. The molecule has 2 aromatic rings. The van der Waals surface area contributed by atoms with Crippen molar-refractivity contribution in [2.45, 2.75) is 97.8 Å². The first-order chi connectivity index (χ1) is 20.1. The van der Waals surface area contributed by atoms with E-state index in [1.165, 1.54) is 6.92 Å². The Morgan fingerprint density at radius 1 is 1.12 bits per heavy atom. The molecule has 10 nitrogen and oxygen atoms in total. The number of amides is 1. The zero-order chi connectivity index (χ0) is 31.6. The van der Waals surface area contributed by atoms with Gasteiger partial charge in [-0.05, 0) is 89.2 Å². The van der Waals surface area contributed by atoms with Gasteiger partial charge in [0.2, 0.25) is 0 Å². The van der Waals surface area contributed by atoms with Crippen molar-refractivity contribution in [2.24, 2.45) is 11.1 Å². The van der Waals surface area contributed by atoms with Gasteiger partial charge in [0.05, 0.1) is 12.0 Å². The third-order valence-corrected chi connectivity index (χ3v) is 8.53. The molecule has 1 aromatic carbocycles. The molecule has 0 saturated heterocycles. The number of Topliss-reactive ketones (excluding diaryl/α,β-unsaturated/α-hetero) is 1. The van der Waals surface area contributed by atoms with Crippen LogP contribution in [0.3, 0.4) is 0 Å². The van der Waals surface area contributed by atoms with E-state index in [-0.39, 0.29) is 35.7 Å². The Labute approximate surface area is 254 Å². The Kier molecular flexibility index (Phi) is 9.69. The van der Waals surface area contributed by atoms with Crippen molar-refractivity contribution in [3.8, 4) is 5.69 Å². The number of hydrogen-bond acceptors (Lipinski definition) is 8. The van der Waals surface area contributed by atoms with E-state index < -0.39 is 18.0 Å². The van der Waals surface area contributed by atoms with E-state index >= 15 is 0 Å². The highest BCUT2D eigenvalue weighted by Crippen LogP contribution is 2.40. The Morgan fingerprint density at radius 2 is 1.79 bits per heavy atom. The fourth-order valence-corrected chi connectivity index (χ4v) is 6.56. The molecule has 0 bridgehead atoms. The van der Waals surface area contributed by atoms with Gasteiger partial charge < -0.3 is 30.0 Å². The number of esters is 2. The molecule has 3 N–H and O–H groups in total. The molecule has 0 aliphatic heterocycles. The summed E-state index contributed by atoms with van der Waals surface area (Å²) in [5.74, 6) is -1.15. The summed E-state index contributed by atoms with van der Waals surface area (Å²) in [6, 6.07) is 5.65. The number of anilines is 1. The predicted octanol–water partition coefficient (Wildman–Crippen LogP) is 4.50. The summed E-state index contributed by atoms with van der Waals surface area (Å²) in [5, 5.41) is 3.54. The number of rotatable bonds is 10. The van der Waals surface area contributed by atoms with Crippen molar-refractivity contribution in [1.82, 2.24) is 9.47 Å². The Balaban J connectivity index is 1.47. The van der Waals surface area contributed by atoms with Crippen molar-refractivity contribution in [3.63, 3.8) is 0 Å². The maximum atomic E-state index is 13.1. The number of primary amides is 1. The summed E-state index contributed by atoms with van der Waals surface area (Å²) < 4.78 is 13.2. The molecule has 1 fully saturated rings. The van der Waals surface area contributed by atoms with Crippen LogP contribution in [0.25, 0.3) is 5.69 Å². The fraction of sp³-hybridized carbons (Fsp3) is 0.576. The van der Waals surface area contributed by atoms with Gasteiger partial charge in [0.25, 0.3) is 5.91 Å². The largest absolute Gasteiger partial charge is 0.462 e. The summed E-state index contributed by atoms with van der Waals surface area (Å²) in [6.07, 6.45) is 3.36. The second kappa shape index (κ2) is 12.9. The summed E-state index contributed by atoms with van der Waals surface area (Å²) in [7, 11) is 3.71. The molecule has 1 unspecified atom stereocenters. The maximum absolute atomic E-state index is 13.1. The minimum Gasteiger partial charge on any atom is -0.462 e. The SMILES string of the molecule is CC(=O)OC(CC(=O)OC1CCC(Nc2cc(-n3c(C)c(C)c4c3CC(C)(C)CC4=O)ccc2C(N)=O)CC1)CN(C)C.